The van der Waals surface area contributed by atoms with Crippen LogP contribution in [0.5, 0.6) is 11.5 Å². The molecule has 0 bridgehead atoms. The molecule has 18 heavy (non-hydrogen) atoms. The van der Waals surface area contributed by atoms with Crippen LogP contribution in [0.4, 0.5) is 5.69 Å². The Morgan fingerprint density at radius 3 is 2.78 bits per heavy atom. The average Bonchev–Trinajstić information content (AvgIpc) is 2.79. The van der Waals surface area contributed by atoms with Crippen molar-refractivity contribution in [3.8, 4) is 11.5 Å². The molecule has 1 fully saturated rings. The maximum absolute atomic E-state index is 5.80. The lowest BCUT2D eigenvalue weighted by molar-refractivity contribution is 0.171. The predicted octanol–water partition coefficient (Wildman–Crippen LogP) is 1.63. The molecule has 2 atom stereocenters. The molecule has 1 aromatic rings. The normalized spacial score (nSPS) is 26.4. The summed E-state index contributed by atoms with van der Waals surface area (Å²) < 4.78 is 11.2. The fourth-order valence-corrected chi connectivity index (χ4v) is 2.89. The van der Waals surface area contributed by atoms with Crippen LogP contribution in [0, 0.1) is 5.92 Å². The van der Waals surface area contributed by atoms with Gasteiger partial charge in [-0.15, -0.1) is 0 Å². The van der Waals surface area contributed by atoms with Gasteiger partial charge >= 0.3 is 0 Å². The van der Waals surface area contributed by atoms with E-state index < -0.39 is 0 Å². The third-order valence-electron chi connectivity index (χ3n) is 4.07. The second-order valence-corrected chi connectivity index (χ2v) is 5.05. The van der Waals surface area contributed by atoms with Crippen LogP contribution >= 0.6 is 0 Å². The van der Waals surface area contributed by atoms with Crippen molar-refractivity contribution in [1.29, 1.82) is 0 Å². The number of rotatable bonds is 2. The molecule has 2 heterocycles. The molecule has 0 spiro atoms. The van der Waals surface area contributed by atoms with Crippen LogP contribution in [0.2, 0.25) is 0 Å². The van der Waals surface area contributed by atoms with E-state index >= 15 is 0 Å². The molecule has 0 radical (unpaired) electrons. The number of benzene rings is 1. The van der Waals surface area contributed by atoms with E-state index in [0.29, 0.717) is 25.2 Å². The van der Waals surface area contributed by atoms with Gasteiger partial charge in [0.25, 0.3) is 0 Å². The van der Waals surface area contributed by atoms with E-state index in [1.807, 2.05) is 6.07 Å². The Kier molecular flexibility index (Phi) is 3.04. The maximum atomic E-state index is 5.80. The van der Waals surface area contributed by atoms with E-state index in [1.165, 1.54) is 12.1 Å². The van der Waals surface area contributed by atoms with E-state index in [4.69, 9.17) is 15.2 Å². The summed E-state index contributed by atoms with van der Waals surface area (Å²) in [6.45, 7) is 5.37. The van der Waals surface area contributed by atoms with Crippen molar-refractivity contribution < 1.29 is 9.47 Å². The first-order valence-corrected chi connectivity index (χ1v) is 6.66. The predicted molar refractivity (Wildman–Crippen MR) is 71.4 cm³/mol. The van der Waals surface area contributed by atoms with Gasteiger partial charge in [-0.25, -0.2) is 0 Å². The van der Waals surface area contributed by atoms with Gasteiger partial charge < -0.3 is 20.1 Å². The molecule has 0 aliphatic carbocycles. The van der Waals surface area contributed by atoms with Crippen molar-refractivity contribution in [2.24, 2.45) is 11.7 Å². The summed E-state index contributed by atoms with van der Waals surface area (Å²) >= 11 is 0. The Labute approximate surface area is 108 Å². The van der Waals surface area contributed by atoms with Crippen molar-refractivity contribution in [2.45, 2.75) is 19.4 Å². The lowest BCUT2D eigenvalue weighted by atomic mass is 10.0. The Morgan fingerprint density at radius 1 is 1.28 bits per heavy atom. The van der Waals surface area contributed by atoms with Gasteiger partial charge in [0, 0.05) is 24.3 Å². The monoisotopic (exact) mass is 248 g/mol. The van der Waals surface area contributed by atoms with Gasteiger partial charge in [0.15, 0.2) is 11.5 Å². The van der Waals surface area contributed by atoms with Gasteiger partial charge in [0.1, 0.15) is 13.2 Å². The van der Waals surface area contributed by atoms with E-state index in [0.717, 1.165) is 24.6 Å². The first kappa shape index (κ1) is 11.7. The summed E-state index contributed by atoms with van der Waals surface area (Å²) in [5.74, 6) is 2.31. The molecule has 2 aliphatic heterocycles. The zero-order chi connectivity index (χ0) is 12.5. The Hall–Kier alpha value is -1.42. The molecule has 4 nitrogen and oxygen atoms in total. The molecule has 4 heteroatoms. The minimum absolute atomic E-state index is 0.498. The molecule has 2 unspecified atom stereocenters. The molecule has 2 aliphatic rings. The minimum Gasteiger partial charge on any atom is -0.486 e. The van der Waals surface area contributed by atoms with Crippen LogP contribution in [0.1, 0.15) is 13.3 Å². The molecule has 0 saturated carbocycles. The fourth-order valence-electron chi connectivity index (χ4n) is 2.89. The first-order valence-electron chi connectivity index (χ1n) is 6.66. The van der Waals surface area contributed by atoms with E-state index in [1.54, 1.807) is 0 Å². The second-order valence-electron chi connectivity index (χ2n) is 5.05. The SMILES string of the molecule is CC1C(CN)CCN1c1ccc2c(c1)OCCO2. The highest BCUT2D eigenvalue weighted by Gasteiger charge is 2.30. The largest absolute Gasteiger partial charge is 0.486 e. The summed E-state index contributed by atoms with van der Waals surface area (Å²) in [5, 5.41) is 0. The molecule has 98 valence electrons. The highest BCUT2D eigenvalue weighted by atomic mass is 16.6. The lowest BCUT2D eigenvalue weighted by Gasteiger charge is -2.28. The Bertz CT molecular complexity index is 436. The lowest BCUT2D eigenvalue weighted by Crippen LogP contribution is -2.32. The summed E-state index contributed by atoms with van der Waals surface area (Å²) in [4.78, 5) is 2.41. The summed E-state index contributed by atoms with van der Waals surface area (Å²) in [6, 6.07) is 6.71. The van der Waals surface area contributed by atoms with Crippen molar-refractivity contribution in [2.75, 3.05) is 31.2 Å². The molecular weight excluding hydrogens is 228 g/mol. The number of fused-ring (bicyclic) bond motifs is 1. The average molecular weight is 248 g/mol. The number of nitrogens with zero attached hydrogens (tertiary/aromatic N) is 1. The topological polar surface area (TPSA) is 47.7 Å². The quantitative estimate of drug-likeness (QED) is 0.864. The van der Waals surface area contributed by atoms with Crippen LogP contribution in [0.25, 0.3) is 0 Å². The van der Waals surface area contributed by atoms with Gasteiger partial charge in [-0.2, -0.15) is 0 Å². The molecule has 0 aromatic heterocycles. The number of anilines is 1. The summed E-state index contributed by atoms with van der Waals surface area (Å²) in [6.07, 6.45) is 1.17. The molecule has 1 aromatic carbocycles. The van der Waals surface area contributed by atoms with Crippen molar-refractivity contribution >= 4 is 5.69 Å². The van der Waals surface area contributed by atoms with Crippen LogP contribution in [-0.4, -0.2) is 32.3 Å². The van der Waals surface area contributed by atoms with Crippen LogP contribution in [0.3, 0.4) is 0 Å². The van der Waals surface area contributed by atoms with Crippen molar-refractivity contribution in [3.05, 3.63) is 18.2 Å². The highest BCUT2D eigenvalue weighted by molar-refractivity contribution is 5.58. The third kappa shape index (κ3) is 1.90. The van der Waals surface area contributed by atoms with Crippen LogP contribution in [-0.2, 0) is 0 Å². The highest BCUT2D eigenvalue weighted by Crippen LogP contribution is 2.37. The summed E-state index contributed by atoms with van der Waals surface area (Å²) in [5.41, 5.74) is 7.01. The van der Waals surface area contributed by atoms with Crippen LogP contribution in [0.15, 0.2) is 18.2 Å². The second kappa shape index (κ2) is 4.69. The first-order chi connectivity index (χ1) is 8.79. The number of hydrogen-bond acceptors (Lipinski definition) is 4. The van der Waals surface area contributed by atoms with Crippen molar-refractivity contribution in [1.82, 2.24) is 0 Å². The smallest absolute Gasteiger partial charge is 0.163 e. The van der Waals surface area contributed by atoms with Gasteiger partial charge in [0.05, 0.1) is 0 Å². The molecule has 3 rings (SSSR count). The molecular formula is C14H20N2O2. The molecule has 0 amide bonds. The van der Waals surface area contributed by atoms with E-state index in [-0.39, 0.29) is 0 Å². The van der Waals surface area contributed by atoms with E-state index in [9.17, 15) is 0 Å². The van der Waals surface area contributed by atoms with Gasteiger partial charge in [0.2, 0.25) is 0 Å². The minimum atomic E-state index is 0.498. The summed E-state index contributed by atoms with van der Waals surface area (Å²) in [7, 11) is 0. The van der Waals surface area contributed by atoms with Gasteiger partial charge in [-0.1, -0.05) is 0 Å². The number of ether oxygens (including phenoxy) is 2. The number of nitrogens with two attached hydrogens (primary N) is 1. The molecule has 1 saturated heterocycles. The van der Waals surface area contributed by atoms with Gasteiger partial charge in [-0.05, 0) is 37.9 Å². The zero-order valence-electron chi connectivity index (χ0n) is 10.8. The van der Waals surface area contributed by atoms with Crippen molar-refractivity contribution in [3.63, 3.8) is 0 Å². The number of hydrogen-bond donors (Lipinski definition) is 1. The van der Waals surface area contributed by atoms with Crippen LogP contribution < -0.4 is 20.1 Å². The zero-order valence-corrected chi connectivity index (χ0v) is 10.8. The Morgan fingerprint density at radius 2 is 2.06 bits per heavy atom. The van der Waals surface area contributed by atoms with Gasteiger partial charge in [-0.3, -0.25) is 0 Å². The standard InChI is InChI=1S/C14H20N2O2/c1-10-11(9-15)4-5-16(10)12-2-3-13-14(8-12)18-7-6-17-13/h2-3,8,10-11H,4-7,9,15H2,1H3. The molecule has 2 N–H and O–H groups in total. The fraction of sp³-hybridized carbons (Fsp3) is 0.571. The van der Waals surface area contributed by atoms with E-state index in [2.05, 4.69) is 24.0 Å². The Balaban J connectivity index is 1.84. The maximum Gasteiger partial charge on any atom is 0.163 e. The third-order valence-corrected chi connectivity index (χ3v) is 4.07.